The zero-order valence-electron chi connectivity index (χ0n) is 17.4. The molecule has 5 rings (SSSR count). The minimum absolute atomic E-state index is 0.0337. The lowest BCUT2D eigenvalue weighted by Crippen LogP contribution is -2.53. The van der Waals surface area contributed by atoms with Crippen LogP contribution in [0.3, 0.4) is 0 Å². The lowest BCUT2D eigenvalue weighted by molar-refractivity contribution is -0.143. The summed E-state index contributed by atoms with van der Waals surface area (Å²) in [6.07, 6.45) is -0.602. The van der Waals surface area contributed by atoms with Gasteiger partial charge in [-0.1, -0.05) is 29.8 Å². The first-order valence-electron chi connectivity index (χ1n) is 10.4. The number of benzene rings is 2. The number of hydrogen-bond donors (Lipinski definition) is 0. The maximum Gasteiger partial charge on any atom is 0.267 e. The Kier molecular flexibility index (Phi) is 5.30. The molecule has 0 spiro atoms. The van der Waals surface area contributed by atoms with E-state index in [1.54, 1.807) is 0 Å². The number of carbonyl (C=O) groups excluding carboxylic acids is 1. The Morgan fingerprint density at radius 1 is 1.00 bits per heavy atom. The van der Waals surface area contributed by atoms with Crippen molar-refractivity contribution in [1.29, 1.82) is 0 Å². The summed E-state index contributed by atoms with van der Waals surface area (Å²) in [6.45, 7) is 5.56. The second-order valence-electron chi connectivity index (χ2n) is 7.83. The van der Waals surface area contributed by atoms with Gasteiger partial charge in [0.2, 0.25) is 17.9 Å². The zero-order chi connectivity index (χ0) is 21.2. The van der Waals surface area contributed by atoms with E-state index < -0.39 is 6.10 Å². The second-order valence-corrected chi connectivity index (χ2v) is 7.83. The summed E-state index contributed by atoms with van der Waals surface area (Å²) in [4.78, 5) is 16.9. The lowest BCUT2D eigenvalue weighted by Gasteiger charge is -2.36. The molecule has 1 aromatic heterocycles. The minimum atomic E-state index is -0.602. The molecule has 1 saturated heterocycles. The summed E-state index contributed by atoms with van der Waals surface area (Å²) < 4.78 is 17.4. The van der Waals surface area contributed by atoms with Crippen LogP contribution in [-0.4, -0.2) is 64.8 Å². The lowest BCUT2D eigenvalue weighted by atomic mass is 10.1. The maximum absolute atomic E-state index is 12.9. The van der Waals surface area contributed by atoms with E-state index >= 15 is 0 Å². The van der Waals surface area contributed by atoms with Gasteiger partial charge in [-0.25, -0.2) is 0 Å². The molecule has 8 nitrogen and oxygen atoms in total. The second kappa shape index (κ2) is 8.39. The molecular weight excluding hydrogens is 396 g/mol. The van der Waals surface area contributed by atoms with Crippen LogP contribution in [-0.2, 0) is 11.3 Å². The first-order chi connectivity index (χ1) is 15.2. The van der Waals surface area contributed by atoms with Crippen LogP contribution in [0.25, 0.3) is 11.5 Å². The summed E-state index contributed by atoms with van der Waals surface area (Å²) in [5, 5.41) is 8.35. The molecule has 31 heavy (non-hydrogen) atoms. The van der Waals surface area contributed by atoms with Crippen LogP contribution in [0.1, 0.15) is 11.5 Å². The smallest absolute Gasteiger partial charge is 0.267 e. The van der Waals surface area contributed by atoms with Gasteiger partial charge in [0.15, 0.2) is 11.5 Å². The average molecular weight is 420 g/mol. The third-order valence-corrected chi connectivity index (χ3v) is 5.59. The van der Waals surface area contributed by atoms with Gasteiger partial charge in [-0.3, -0.25) is 9.69 Å². The van der Waals surface area contributed by atoms with Gasteiger partial charge in [0, 0.05) is 31.7 Å². The van der Waals surface area contributed by atoms with Gasteiger partial charge in [-0.15, -0.1) is 10.2 Å². The quantitative estimate of drug-likeness (QED) is 0.642. The van der Waals surface area contributed by atoms with Crippen molar-refractivity contribution in [3.63, 3.8) is 0 Å². The van der Waals surface area contributed by atoms with Gasteiger partial charge < -0.3 is 18.8 Å². The molecule has 3 heterocycles. The van der Waals surface area contributed by atoms with Gasteiger partial charge in [-0.05, 0) is 31.2 Å². The van der Waals surface area contributed by atoms with Crippen LogP contribution >= 0.6 is 0 Å². The van der Waals surface area contributed by atoms with Crippen molar-refractivity contribution in [3.8, 4) is 23.0 Å². The topological polar surface area (TPSA) is 80.9 Å². The molecule has 2 aliphatic rings. The Hall–Kier alpha value is -3.39. The van der Waals surface area contributed by atoms with E-state index in [9.17, 15) is 4.79 Å². The number of nitrogens with zero attached hydrogens (tertiary/aromatic N) is 4. The predicted molar refractivity (Wildman–Crippen MR) is 113 cm³/mol. The molecule has 2 aliphatic heterocycles. The number of para-hydroxylation sites is 2. The number of aromatic nitrogens is 2. The highest BCUT2D eigenvalue weighted by Crippen LogP contribution is 2.31. The summed E-state index contributed by atoms with van der Waals surface area (Å²) in [5.41, 5.74) is 2.10. The number of aryl methyl sites for hydroxylation is 1. The largest absolute Gasteiger partial charge is 0.485 e. The van der Waals surface area contributed by atoms with E-state index in [4.69, 9.17) is 13.9 Å². The standard InChI is InChI=1S/C23H24N4O4/c1-16-6-8-17(9-7-16)22-25-24-21(31-22)14-26-10-12-27(13-11-26)23(28)20-15-29-18-4-2-3-5-19(18)30-20/h2-9,20H,10-15H2,1H3/t20-/m0/s1. The Morgan fingerprint density at radius 3 is 2.52 bits per heavy atom. The number of hydrogen-bond acceptors (Lipinski definition) is 7. The van der Waals surface area contributed by atoms with Gasteiger partial charge in [0.05, 0.1) is 6.54 Å². The maximum atomic E-state index is 12.9. The third kappa shape index (κ3) is 4.25. The van der Waals surface area contributed by atoms with Crippen LogP contribution in [0.15, 0.2) is 52.9 Å². The third-order valence-electron chi connectivity index (χ3n) is 5.59. The fraction of sp³-hybridized carbons (Fsp3) is 0.348. The van der Waals surface area contributed by atoms with Crippen LogP contribution in [0, 0.1) is 6.92 Å². The van der Waals surface area contributed by atoms with Gasteiger partial charge in [-0.2, -0.15) is 0 Å². The first kappa shape index (κ1) is 19.6. The van der Waals surface area contributed by atoms with E-state index in [0.717, 1.165) is 18.7 Å². The highest BCUT2D eigenvalue weighted by atomic mass is 16.6. The van der Waals surface area contributed by atoms with Crippen molar-refractivity contribution in [3.05, 3.63) is 60.0 Å². The summed E-state index contributed by atoms with van der Waals surface area (Å²) in [5.74, 6) is 2.37. The molecule has 1 atom stereocenters. The number of amides is 1. The van der Waals surface area contributed by atoms with Crippen LogP contribution in [0.2, 0.25) is 0 Å². The Morgan fingerprint density at radius 2 is 1.74 bits per heavy atom. The summed E-state index contributed by atoms with van der Waals surface area (Å²) in [7, 11) is 0. The molecular formula is C23H24N4O4. The Bertz CT molecular complexity index is 1060. The predicted octanol–water partition coefficient (Wildman–Crippen LogP) is 2.53. The highest BCUT2D eigenvalue weighted by molar-refractivity contribution is 5.82. The van der Waals surface area contributed by atoms with E-state index in [2.05, 4.69) is 15.1 Å². The Balaban J connectivity index is 1.14. The molecule has 160 valence electrons. The molecule has 0 N–H and O–H groups in total. The number of carbonyl (C=O) groups is 1. The molecule has 2 aromatic carbocycles. The van der Waals surface area contributed by atoms with Crippen molar-refractivity contribution in [1.82, 2.24) is 20.0 Å². The number of piperazine rings is 1. The van der Waals surface area contributed by atoms with Crippen LogP contribution in [0.5, 0.6) is 11.5 Å². The number of fused-ring (bicyclic) bond motifs is 1. The molecule has 0 aliphatic carbocycles. The molecule has 0 bridgehead atoms. The number of ether oxygens (including phenoxy) is 2. The van der Waals surface area contributed by atoms with E-state index in [1.165, 1.54) is 5.56 Å². The summed E-state index contributed by atoms with van der Waals surface area (Å²) >= 11 is 0. The van der Waals surface area contributed by atoms with Crippen LogP contribution < -0.4 is 9.47 Å². The average Bonchev–Trinajstić information content (AvgIpc) is 3.27. The molecule has 0 unspecified atom stereocenters. The molecule has 1 fully saturated rings. The minimum Gasteiger partial charge on any atom is -0.485 e. The van der Waals surface area contributed by atoms with Crippen LogP contribution in [0.4, 0.5) is 0 Å². The number of rotatable bonds is 4. The fourth-order valence-corrected chi connectivity index (χ4v) is 3.79. The van der Waals surface area contributed by atoms with Gasteiger partial charge in [0.25, 0.3) is 5.91 Å². The Labute approximate surface area is 180 Å². The normalized spacial score (nSPS) is 18.7. The van der Waals surface area contributed by atoms with E-state index in [-0.39, 0.29) is 12.5 Å². The SMILES string of the molecule is Cc1ccc(-c2nnc(CN3CCN(C(=O)[C@@H]4COc5ccccc5O4)CC3)o2)cc1. The van der Waals surface area contributed by atoms with Gasteiger partial charge in [0.1, 0.15) is 6.61 Å². The molecule has 1 amide bonds. The first-order valence-corrected chi connectivity index (χ1v) is 10.4. The van der Waals surface area contributed by atoms with Gasteiger partial charge >= 0.3 is 0 Å². The molecule has 8 heteroatoms. The van der Waals surface area contributed by atoms with Crippen molar-refractivity contribution >= 4 is 5.91 Å². The fourth-order valence-electron chi connectivity index (χ4n) is 3.79. The van der Waals surface area contributed by atoms with Crippen molar-refractivity contribution in [2.45, 2.75) is 19.6 Å². The van der Waals surface area contributed by atoms with Crippen molar-refractivity contribution in [2.24, 2.45) is 0 Å². The van der Waals surface area contributed by atoms with E-state index in [0.29, 0.717) is 42.9 Å². The molecule has 0 radical (unpaired) electrons. The molecule has 3 aromatic rings. The highest BCUT2D eigenvalue weighted by Gasteiger charge is 2.32. The monoisotopic (exact) mass is 420 g/mol. The zero-order valence-corrected chi connectivity index (χ0v) is 17.4. The van der Waals surface area contributed by atoms with Crippen molar-refractivity contribution < 1.29 is 18.7 Å². The van der Waals surface area contributed by atoms with E-state index in [1.807, 2.05) is 60.4 Å². The summed E-state index contributed by atoms with van der Waals surface area (Å²) in [6, 6.07) is 15.4. The van der Waals surface area contributed by atoms with Crippen molar-refractivity contribution in [2.75, 3.05) is 32.8 Å². The molecule has 0 saturated carbocycles.